The Morgan fingerprint density at radius 3 is 1.67 bits per heavy atom. The number of rotatable bonds is 18. The second kappa shape index (κ2) is 19.2. The fraction of sp³-hybridized carbons (Fsp3) is 0.261. The summed E-state index contributed by atoms with van der Waals surface area (Å²) in [5.74, 6) is 1.69. The molecule has 0 saturated carbocycles. The number of phosphoric acid groups is 1. The van der Waals surface area contributed by atoms with Gasteiger partial charge in [0.25, 0.3) is 20.0 Å². The smallest absolute Gasteiger partial charge is 0.530 e. The third-order valence-corrected chi connectivity index (χ3v) is 18.9. The predicted molar refractivity (Wildman–Crippen MR) is 251 cm³/mol. The molecule has 0 aliphatic carbocycles. The fourth-order valence-corrected chi connectivity index (χ4v) is 10.2. The van der Waals surface area contributed by atoms with Crippen molar-refractivity contribution >= 4 is 70.2 Å². The Morgan fingerprint density at radius 1 is 0.619 bits per heavy atom. The summed E-state index contributed by atoms with van der Waals surface area (Å²) in [7, 11) is -13.1. The summed E-state index contributed by atoms with van der Waals surface area (Å²) in [6.07, 6.45) is 2.54. The van der Waals surface area contributed by atoms with Crippen LogP contribution in [0.3, 0.4) is 0 Å². The molecule has 0 aromatic heterocycles. The summed E-state index contributed by atoms with van der Waals surface area (Å²) >= 11 is 0. The van der Waals surface area contributed by atoms with E-state index in [0.717, 1.165) is 0 Å². The Labute approximate surface area is 370 Å². The molecule has 13 nitrogen and oxygen atoms in total. The van der Waals surface area contributed by atoms with E-state index in [2.05, 4.69) is 42.7 Å². The highest BCUT2D eigenvalue weighted by Gasteiger charge is 2.30. The average Bonchev–Trinajstić information content (AvgIpc) is 3.24. The number of fused-ring (bicyclic) bond motifs is 2. The van der Waals surface area contributed by atoms with Crippen LogP contribution in [0.15, 0.2) is 134 Å². The van der Waals surface area contributed by atoms with Gasteiger partial charge in [-0.1, -0.05) is 75.4 Å². The summed E-state index contributed by atoms with van der Waals surface area (Å²) < 4.78 is 110. The van der Waals surface area contributed by atoms with Gasteiger partial charge < -0.3 is 18.4 Å². The summed E-state index contributed by atoms with van der Waals surface area (Å²) in [4.78, 5) is 0.0233. The lowest BCUT2D eigenvalue weighted by molar-refractivity contribution is 0.168. The molecule has 0 atom stereocenters. The summed E-state index contributed by atoms with van der Waals surface area (Å²) in [5.41, 5.74) is 1.56. The van der Waals surface area contributed by atoms with Crippen molar-refractivity contribution < 1.29 is 48.9 Å². The Hall–Kier alpha value is -5.35. The first-order chi connectivity index (χ1) is 29.8. The van der Waals surface area contributed by atoms with Crippen LogP contribution in [-0.2, 0) is 40.3 Å². The SMILES string of the molecule is CCOP(=O)(OCC)Oc1cccc2c(OC)ccc(/C=N/S(=O)(=O)c3ccc(COc4ccc(/C=N/S(=O)(=O)c5ccccc5)c5c(O[Si-](C)(C)C(C)(C)C)cccc45)cc3)c12. The third-order valence-electron chi connectivity index (χ3n) is 10.5. The van der Waals surface area contributed by atoms with E-state index >= 15 is 0 Å². The average molecular weight is 931 g/mol. The van der Waals surface area contributed by atoms with Crippen LogP contribution in [0, 0.1) is 0 Å². The summed E-state index contributed by atoms with van der Waals surface area (Å²) in [6.45, 7) is 14.2. The van der Waals surface area contributed by atoms with Crippen LogP contribution in [0.1, 0.15) is 51.3 Å². The highest BCUT2D eigenvalue weighted by atomic mass is 32.2. The number of nitrogens with zero attached hydrogens (tertiary/aromatic N) is 2. The molecular weight excluding hydrogens is 880 g/mol. The molecule has 0 N–H and O–H groups in total. The topological polar surface area (TPSA) is 165 Å². The Balaban J connectivity index is 1.28. The summed E-state index contributed by atoms with van der Waals surface area (Å²) in [6, 6.07) is 31.6. The largest absolute Gasteiger partial charge is 0.688 e. The zero-order valence-corrected chi connectivity index (χ0v) is 39.9. The van der Waals surface area contributed by atoms with E-state index in [1.807, 2.05) is 18.2 Å². The molecule has 17 heteroatoms. The molecule has 0 unspecified atom stereocenters. The van der Waals surface area contributed by atoms with Gasteiger partial charge in [-0.2, -0.15) is 25.6 Å². The minimum absolute atomic E-state index is 0.0547. The minimum Gasteiger partial charge on any atom is -0.688 e. The van der Waals surface area contributed by atoms with Gasteiger partial charge in [-0.25, -0.2) is 4.57 Å². The molecule has 0 aliphatic rings. The third kappa shape index (κ3) is 10.9. The second-order valence-electron chi connectivity index (χ2n) is 15.8. The van der Waals surface area contributed by atoms with Gasteiger partial charge in [-0.15, -0.1) is 18.1 Å². The van der Waals surface area contributed by atoms with Gasteiger partial charge in [-0.05, 0) is 80.1 Å². The highest BCUT2D eigenvalue weighted by molar-refractivity contribution is 7.90. The van der Waals surface area contributed by atoms with Crippen LogP contribution in [-0.4, -0.2) is 57.9 Å². The van der Waals surface area contributed by atoms with E-state index in [1.165, 1.54) is 43.8 Å². The quantitative estimate of drug-likeness (QED) is 0.0457. The van der Waals surface area contributed by atoms with Crippen LogP contribution in [0.5, 0.6) is 23.0 Å². The maximum Gasteiger partial charge on any atom is 0.530 e. The van der Waals surface area contributed by atoms with E-state index in [0.29, 0.717) is 55.5 Å². The van der Waals surface area contributed by atoms with Crippen molar-refractivity contribution in [2.45, 2.75) is 69.1 Å². The van der Waals surface area contributed by atoms with Gasteiger partial charge in [0.2, 0.25) is 0 Å². The van der Waals surface area contributed by atoms with Crippen molar-refractivity contribution in [1.29, 1.82) is 0 Å². The maximum absolute atomic E-state index is 13.6. The maximum atomic E-state index is 13.6. The van der Waals surface area contributed by atoms with Crippen molar-refractivity contribution in [3.8, 4) is 23.0 Å². The fourth-order valence-electron chi connectivity index (χ4n) is 6.27. The Morgan fingerprint density at radius 2 is 1.13 bits per heavy atom. The van der Waals surface area contributed by atoms with E-state index in [9.17, 15) is 21.4 Å². The van der Waals surface area contributed by atoms with Crippen LogP contribution in [0.2, 0.25) is 18.1 Å². The van der Waals surface area contributed by atoms with E-state index < -0.39 is 36.2 Å². The van der Waals surface area contributed by atoms with E-state index in [1.54, 1.807) is 86.6 Å². The van der Waals surface area contributed by atoms with Gasteiger partial charge in [0, 0.05) is 53.4 Å². The lowest BCUT2D eigenvalue weighted by atomic mass is 10.0. The highest BCUT2D eigenvalue weighted by Crippen LogP contribution is 2.51. The van der Waals surface area contributed by atoms with E-state index in [4.69, 9.17) is 27.5 Å². The number of methoxy groups -OCH3 is 1. The molecule has 6 aromatic carbocycles. The van der Waals surface area contributed by atoms with Crippen molar-refractivity contribution in [2.24, 2.45) is 8.80 Å². The lowest BCUT2D eigenvalue weighted by Crippen LogP contribution is -2.43. The number of benzene rings is 6. The molecular formula is C46H51N2O11PS2Si-. The molecule has 333 valence electrons. The first-order valence-electron chi connectivity index (χ1n) is 20.1. The van der Waals surface area contributed by atoms with Crippen LogP contribution >= 0.6 is 7.82 Å². The monoisotopic (exact) mass is 930 g/mol. The molecule has 0 aliphatic heterocycles. The van der Waals surface area contributed by atoms with Crippen LogP contribution < -0.4 is 18.4 Å². The zero-order chi connectivity index (χ0) is 45.6. The first-order valence-corrected chi connectivity index (χ1v) is 27.4. The summed E-state index contributed by atoms with van der Waals surface area (Å²) in [5, 5.41) is 2.16. The standard InChI is InChI=1S/C46H51N2O11PS2Si/c1-9-56-60(49,57-10-2)58-42-20-14-18-38-40(54-6)28-24-34(44(38)42)30-48-62(52,53)37-26-22-33(23-27-37)32-55-41-29-25-35(31-47-61(50,51)36-16-12-11-13-17-36)45-39(41)19-15-21-43(45)59-63(7,8)46(3,4)5/h11-31H,9-10,32H2,1-8H3/q-1/b47-31+,48-30+. The van der Waals surface area contributed by atoms with Crippen LogP contribution in [0.4, 0.5) is 0 Å². The van der Waals surface area contributed by atoms with Crippen LogP contribution in [0.25, 0.3) is 21.5 Å². The lowest BCUT2D eigenvalue weighted by Gasteiger charge is -2.49. The molecule has 0 amide bonds. The van der Waals surface area contributed by atoms with Crippen molar-refractivity contribution in [2.75, 3.05) is 20.3 Å². The van der Waals surface area contributed by atoms with Crippen molar-refractivity contribution in [1.82, 2.24) is 0 Å². The van der Waals surface area contributed by atoms with Gasteiger partial charge in [0.05, 0.1) is 35.9 Å². The molecule has 0 spiro atoms. The number of sulfonamides is 2. The zero-order valence-electron chi connectivity index (χ0n) is 36.4. The molecule has 0 bridgehead atoms. The number of hydrogen-bond donors (Lipinski definition) is 0. The molecule has 6 aromatic rings. The molecule has 6 rings (SSSR count). The van der Waals surface area contributed by atoms with E-state index in [-0.39, 0.29) is 40.4 Å². The number of ether oxygens (including phenoxy) is 2. The number of phosphoric ester groups is 1. The molecule has 0 heterocycles. The second-order valence-corrected chi connectivity index (χ2v) is 25.4. The predicted octanol–water partition coefficient (Wildman–Crippen LogP) is 11.1. The first kappa shape index (κ1) is 47.1. The normalized spacial score (nSPS) is 13.0. The number of hydrogen-bond acceptors (Lipinski definition) is 11. The molecule has 0 saturated heterocycles. The van der Waals surface area contributed by atoms with Crippen molar-refractivity contribution in [3.05, 3.63) is 132 Å². The van der Waals surface area contributed by atoms with Gasteiger partial charge in [0.15, 0.2) is 0 Å². The van der Waals surface area contributed by atoms with Gasteiger partial charge in [-0.3, -0.25) is 9.05 Å². The molecule has 63 heavy (non-hydrogen) atoms. The molecule has 0 fully saturated rings. The Bertz CT molecular complexity index is 2930. The van der Waals surface area contributed by atoms with Crippen molar-refractivity contribution in [3.63, 3.8) is 0 Å². The van der Waals surface area contributed by atoms with Gasteiger partial charge in [0.1, 0.15) is 23.9 Å². The Kier molecular flexibility index (Phi) is 14.3. The van der Waals surface area contributed by atoms with Gasteiger partial charge >= 0.3 is 7.82 Å². The minimum atomic E-state index is -4.20. The molecule has 0 radical (unpaired) electrons.